The Hall–Kier alpha value is -2.36. The Bertz CT molecular complexity index is 742. The number of rotatable bonds is 5. The fourth-order valence-corrected chi connectivity index (χ4v) is 4.23. The molecule has 2 aromatic rings. The first-order valence-corrected chi connectivity index (χ1v) is 9.86. The van der Waals surface area contributed by atoms with Crippen molar-refractivity contribution >= 4 is 11.7 Å². The van der Waals surface area contributed by atoms with Crippen LogP contribution in [-0.2, 0) is 12.8 Å². The zero-order valence-corrected chi connectivity index (χ0v) is 15.3. The second-order valence-corrected chi connectivity index (χ2v) is 7.51. The summed E-state index contributed by atoms with van der Waals surface area (Å²) in [5, 5.41) is 3.43. The van der Waals surface area contributed by atoms with Crippen LogP contribution >= 0.6 is 0 Å². The molecule has 0 spiro atoms. The average Bonchev–Trinajstić information content (AvgIpc) is 3.11. The van der Waals surface area contributed by atoms with Crippen LogP contribution in [0.3, 0.4) is 0 Å². The van der Waals surface area contributed by atoms with Gasteiger partial charge in [-0.3, -0.25) is 4.79 Å². The number of fused-ring (bicyclic) bond motifs is 1. The molecule has 1 N–H and O–H groups in total. The molecule has 0 saturated carbocycles. The number of nitrogens with one attached hydrogen (secondary N) is 1. The predicted molar refractivity (Wildman–Crippen MR) is 104 cm³/mol. The highest BCUT2D eigenvalue weighted by Crippen LogP contribution is 2.28. The van der Waals surface area contributed by atoms with Crippen LogP contribution in [0.1, 0.15) is 47.2 Å². The first kappa shape index (κ1) is 17.1. The Labute approximate surface area is 155 Å². The monoisotopic (exact) mass is 349 g/mol. The second-order valence-electron chi connectivity index (χ2n) is 7.51. The number of pyridine rings is 1. The second kappa shape index (κ2) is 7.90. The van der Waals surface area contributed by atoms with Gasteiger partial charge in [0.2, 0.25) is 0 Å². The maximum Gasteiger partial charge on any atom is 0.257 e. The topological polar surface area (TPSA) is 45.2 Å². The molecule has 0 bridgehead atoms. The van der Waals surface area contributed by atoms with E-state index in [0.29, 0.717) is 11.5 Å². The zero-order chi connectivity index (χ0) is 17.8. The largest absolute Gasteiger partial charge is 0.369 e. The fraction of sp³-hybridized carbons (Fsp3) is 0.455. The third-order valence-electron chi connectivity index (χ3n) is 5.66. The third kappa shape index (κ3) is 3.74. The zero-order valence-electron chi connectivity index (χ0n) is 15.3. The van der Waals surface area contributed by atoms with Gasteiger partial charge >= 0.3 is 0 Å². The normalized spacial score (nSPS) is 17.2. The van der Waals surface area contributed by atoms with Gasteiger partial charge in [0, 0.05) is 25.8 Å². The predicted octanol–water partition coefficient (Wildman–Crippen LogP) is 3.92. The van der Waals surface area contributed by atoms with E-state index in [9.17, 15) is 4.79 Å². The summed E-state index contributed by atoms with van der Waals surface area (Å²) in [6, 6.07) is 12.5. The summed E-state index contributed by atoms with van der Waals surface area (Å²) < 4.78 is 0. The van der Waals surface area contributed by atoms with E-state index in [4.69, 9.17) is 0 Å². The summed E-state index contributed by atoms with van der Waals surface area (Å²) in [7, 11) is 0. The lowest BCUT2D eigenvalue weighted by atomic mass is 10.0. The molecule has 1 saturated heterocycles. The molecule has 1 fully saturated rings. The molecule has 2 heterocycles. The van der Waals surface area contributed by atoms with E-state index in [1.54, 1.807) is 6.20 Å². The summed E-state index contributed by atoms with van der Waals surface area (Å²) in [6.07, 6.45) is 8.64. The molecule has 0 radical (unpaired) electrons. The molecule has 1 amide bonds. The molecular formula is C22H27N3O. The van der Waals surface area contributed by atoms with E-state index in [1.165, 1.54) is 30.4 Å². The molecule has 1 aliphatic carbocycles. The van der Waals surface area contributed by atoms with Crippen LogP contribution in [-0.4, -0.2) is 35.4 Å². The van der Waals surface area contributed by atoms with Gasteiger partial charge in [0.15, 0.2) is 0 Å². The minimum absolute atomic E-state index is 0.119. The summed E-state index contributed by atoms with van der Waals surface area (Å²) >= 11 is 0. The quantitative estimate of drug-likeness (QED) is 0.890. The van der Waals surface area contributed by atoms with Crippen LogP contribution in [0.2, 0.25) is 0 Å². The lowest BCUT2D eigenvalue weighted by Crippen LogP contribution is -2.36. The lowest BCUT2D eigenvalue weighted by Gasteiger charge is -2.27. The number of hydrogen-bond donors (Lipinski definition) is 1. The number of amides is 1. The Balaban J connectivity index is 1.35. The molecule has 136 valence electrons. The van der Waals surface area contributed by atoms with Crippen molar-refractivity contribution < 1.29 is 4.79 Å². The maximum atomic E-state index is 12.8. The van der Waals surface area contributed by atoms with Crippen molar-refractivity contribution in [2.24, 2.45) is 5.92 Å². The van der Waals surface area contributed by atoms with Crippen LogP contribution in [0.5, 0.6) is 0 Å². The minimum atomic E-state index is 0.119. The summed E-state index contributed by atoms with van der Waals surface area (Å²) in [6.45, 7) is 2.59. The van der Waals surface area contributed by atoms with Crippen LogP contribution in [0.25, 0.3) is 0 Å². The van der Waals surface area contributed by atoms with Crippen molar-refractivity contribution in [1.29, 1.82) is 0 Å². The number of aromatic nitrogens is 1. The van der Waals surface area contributed by atoms with Crippen molar-refractivity contribution in [3.63, 3.8) is 0 Å². The smallest absolute Gasteiger partial charge is 0.257 e. The van der Waals surface area contributed by atoms with Gasteiger partial charge in [-0.05, 0) is 67.7 Å². The van der Waals surface area contributed by atoms with Crippen molar-refractivity contribution in [2.45, 2.75) is 38.5 Å². The molecule has 0 atom stereocenters. The van der Waals surface area contributed by atoms with Gasteiger partial charge in [-0.2, -0.15) is 0 Å². The molecular weight excluding hydrogens is 322 g/mol. The van der Waals surface area contributed by atoms with Gasteiger partial charge in [-0.1, -0.05) is 24.3 Å². The van der Waals surface area contributed by atoms with Gasteiger partial charge in [0.1, 0.15) is 5.82 Å². The fourth-order valence-electron chi connectivity index (χ4n) is 4.23. The molecule has 4 rings (SSSR count). The highest BCUT2D eigenvalue weighted by Gasteiger charge is 2.22. The van der Waals surface area contributed by atoms with E-state index in [2.05, 4.69) is 34.6 Å². The molecule has 1 aromatic carbocycles. The standard InChI is InChI=1S/C22H27N3O/c26-22(25-13-4-1-5-14-25)20-9-6-11-23-21(20)24-12-10-17-15-18-7-2-3-8-19(18)16-17/h2-3,6-9,11,17H,1,4-5,10,12-16H2,(H,23,24). The van der Waals surface area contributed by atoms with Gasteiger partial charge in [-0.25, -0.2) is 4.98 Å². The summed E-state index contributed by atoms with van der Waals surface area (Å²) in [5.74, 6) is 1.54. The number of anilines is 1. The van der Waals surface area contributed by atoms with Crippen LogP contribution in [0, 0.1) is 5.92 Å². The van der Waals surface area contributed by atoms with Gasteiger partial charge in [0.25, 0.3) is 5.91 Å². The SMILES string of the molecule is O=C(c1cccnc1NCCC1Cc2ccccc2C1)N1CCCCC1. The van der Waals surface area contributed by atoms with Crippen molar-refractivity contribution in [3.05, 3.63) is 59.3 Å². The van der Waals surface area contributed by atoms with Gasteiger partial charge < -0.3 is 10.2 Å². The van der Waals surface area contributed by atoms with E-state index < -0.39 is 0 Å². The summed E-state index contributed by atoms with van der Waals surface area (Å²) in [5.41, 5.74) is 3.71. The Morgan fingerprint density at radius 3 is 2.50 bits per heavy atom. The minimum Gasteiger partial charge on any atom is -0.369 e. The van der Waals surface area contributed by atoms with Crippen LogP contribution in [0.15, 0.2) is 42.6 Å². The molecule has 1 aliphatic heterocycles. The number of carbonyl (C=O) groups excluding carboxylic acids is 1. The number of nitrogens with zero attached hydrogens (tertiary/aromatic N) is 2. The molecule has 4 nitrogen and oxygen atoms in total. The van der Waals surface area contributed by atoms with E-state index in [-0.39, 0.29) is 5.91 Å². The molecule has 4 heteroatoms. The maximum absolute atomic E-state index is 12.8. The molecule has 2 aliphatic rings. The van der Waals surface area contributed by atoms with Crippen molar-refractivity contribution in [1.82, 2.24) is 9.88 Å². The highest BCUT2D eigenvalue weighted by atomic mass is 16.2. The number of likely N-dealkylation sites (tertiary alicyclic amines) is 1. The van der Waals surface area contributed by atoms with Gasteiger partial charge in [0.05, 0.1) is 5.56 Å². The van der Waals surface area contributed by atoms with Crippen molar-refractivity contribution in [3.8, 4) is 0 Å². The van der Waals surface area contributed by atoms with Crippen molar-refractivity contribution in [2.75, 3.05) is 25.0 Å². The van der Waals surface area contributed by atoms with E-state index >= 15 is 0 Å². The molecule has 26 heavy (non-hydrogen) atoms. The third-order valence-corrected chi connectivity index (χ3v) is 5.66. The molecule has 0 unspecified atom stereocenters. The van der Waals surface area contributed by atoms with E-state index in [0.717, 1.165) is 44.7 Å². The highest BCUT2D eigenvalue weighted by molar-refractivity contribution is 5.98. The van der Waals surface area contributed by atoms with E-state index in [1.807, 2.05) is 17.0 Å². The Morgan fingerprint density at radius 1 is 1.04 bits per heavy atom. The first-order chi connectivity index (χ1) is 12.8. The Kier molecular flexibility index (Phi) is 5.19. The van der Waals surface area contributed by atoms with Crippen LogP contribution in [0.4, 0.5) is 5.82 Å². The summed E-state index contributed by atoms with van der Waals surface area (Å²) in [4.78, 5) is 19.2. The van der Waals surface area contributed by atoms with Crippen LogP contribution < -0.4 is 5.32 Å². The lowest BCUT2D eigenvalue weighted by molar-refractivity contribution is 0.0725. The molecule has 1 aromatic heterocycles. The average molecular weight is 349 g/mol. The first-order valence-electron chi connectivity index (χ1n) is 9.86. The number of benzene rings is 1. The number of carbonyl (C=O) groups is 1. The van der Waals surface area contributed by atoms with Gasteiger partial charge in [-0.15, -0.1) is 0 Å². The Morgan fingerprint density at radius 2 is 1.77 bits per heavy atom. The number of piperidine rings is 1. The number of hydrogen-bond acceptors (Lipinski definition) is 3.